The Labute approximate surface area is 76.3 Å². The Morgan fingerprint density at radius 1 is 1.54 bits per heavy atom. The molecule has 1 heterocycles. The topological polar surface area (TPSA) is 18.5 Å². The molecule has 0 fully saturated rings. The van der Waals surface area contributed by atoms with Crippen LogP contribution in [0.15, 0.2) is 18.2 Å². The van der Waals surface area contributed by atoms with E-state index in [9.17, 15) is 4.39 Å². The van der Waals surface area contributed by atoms with Gasteiger partial charge in [-0.3, -0.25) is 0 Å². The Hall–Kier alpha value is -1.25. The zero-order chi connectivity index (χ0) is 9.26. The Morgan fingerprint density at radius 3 is 3.15 bits per heavy atom. The zero-order valence-corrected chi connectivity index (χ0v) is 7.42. The fraction of sp³-hybridized carbons (Fsp3) is 0.400. The van der Waals surface area contributed by atoms with Crippen LogP contribution in [0.3, 0.4) is 0 Å². The van der Waals surface area contributed by atoms with Gasteiger partial charge in [0.2, 0.25) is 0 Å². The van der Waals surface area contributed by atoms with Crippen molar-refractivity contribution in [1.29, 1.82) is 0 Å². The fourth-order valence-corrected chi connectivity index (χ4v) is 1.46. The fourth-order valence-electron chi connectivity index (χ4n) is 1.46. The Morgan fingerprint density at radius 2 is 2.38 bits per heavy atom. The van der Waals surface area contributed by atoms with E-state index in [4.69, 9.17) is 9.47 Å². The second-order valence-corrected chi connectivity index (χ2v) is 3.01. The molecule has 1 aromatic rings. The number of benzene rings is 1. The summed E-state index contributed by atoms with van der Waals surface area (Å²) in [5.74, 6) is 1.31. The van der Waals surface area contributed by atoms with E-state index in [0.717, 1.165) is 0 Å². The highest BCUT2D eigenvalue weighted by Gasteiger charge is 2.20. The van der Waals surface area contributed by atoms with E-state index in [1.807, 2.05) is 0 Å². The molecule has 3 heteroatoms. The lowest BCUT2D eigenvalue weighted by atomic mass is 10.0. The summed E-state index contributed by atoms with van der Waals surface area (Å²) < 4.78 is 23.7. The molecule has 0 amide bonds. The monoisotopic (exact) mass is 182 g/mol. The van der Waals surface area contributed by atoms with Gasteiger partial charge in [0.15, 0.2) is 0 Å². The van der Waals surface area contributed by atoms with Crippen molar-refractivity contribution < 1.29 is 13.9 Å². The van der Waals surface area contributed by atoms with Crippen LogP contribution < -0.4 is 9.47 Å². The standard InChI is InChI=1S/C10H11FO2/c1-12-7-2-3-10-8(6-7)9(11)4-5-13-10/h2-3,6,9H,4-5H2,1H3. The highest BCUT2D eigenvalue weighted by Crippen LogP contribution is 2.36. The number of halogens is 1. The Balaban J connectivity index is 2.41. The highest BCUT2D eigenvalue weighted by atomic mass is 19.1. The molecule has 13 heavy (non-hydrogen) atoms. The Bertz CT molecular complexity index is 312. The van der Waals surface area contributed by atoms with Gasteiger partial charge in [0.05, 0.1) is 13.7 Å². The number of fused-ring (bicyclic) bond motifs is 1. The lowest BCUT2D eigenvalue weighted by Gasteiger charge is -2.20. The minimum atomic E-state index is -0.918. The van der Waals surface area contributed by atoms with Crippen LogP contribution in [0.5, 0.6) is 11.5 Å². The maximum Gasteiger partial charge on any atom is 0.132 e. The summed E-state index contributed by atoms with van der Waals surface area (Å²) in [6, 6.07) is 5.22. The molecular weight excluding hydrogens is 171 g/mol. The van der Waals surface area contributed by atoms with Crippen molar-refractivity contribution in [2.75, 3.05) is 13.7 Å². The molecule has 0 bridgehead atoms. The van der Waals surface area contributed by atoms with Crippen LogP contribution >= 0.6 is 0 Å². The minimum absolute atomic E-state index is 0.431. The van der Waals surface area contributed by atoms with Gasteiger partial charge in [0.1, 0.15) is 17.7 Å². The molecule has 1 unspecified atom stereocenters. The van der Waals surface area contributed by atoms with E-state index in [1.54, 1.807) is 25.3 Å². The molecule has 2 rings (SSSR count). The zero-order valence-electron chi connectivity index (χ0n) is 7.42. The molecule has 1 atom stereocenters. The smallest absolute Gasteiger partial charge is 0.132 e. The summed E-state index contributed by atoms with van der Waals surface area (Å²) >= 11 is 0. The van der Waals surface area contributed by atoms with E-state index in [-0.39, 0.29) is 0 Å². The number of hydrogen-bond acceptors (Lipinski definition) is 2. The van der Waals surface area contributed by atoms with Crippen LogP contribution in [0, 0.1) is 0 Å². The van der Waals surface area contributed by atoms with Crippen LogP contribution in [0.4, 0.5) is 4.39 Å². The third kappa shape index (κ3) is 1.46. The SMILES string of the molecule is COc1ccc2c(c1)C(F)CCO2. The van der Waals surface area contributed by atoms with E-state index in [0.29, 0.717) is 30.1 Å². The van der Waals surface area contributed by atoms with Crippen molar-refractivity contribution >= 4 is 0 Å². The quantitative estimate of drug-likeness (QED) is 0.664. The van der Waals surface area contributed by atoms with Gasteiger partial charge in [0, 0.05) is 12.0 Å². The van der Waals surface area contributed by atoms with Gasteiger partial charge in [-0.15, -0.1) is 0 Å². The first-order chi connectivity index (χ1) is 6.31. The molecule has 1 aliphatic rings. The first-order valence-electron chi connectivity index (χ1n) is 4.26. The molecule has 0 radical (unpaired) electrons. The van der Waals surface area contributed by atoms with Crippen molar-refractivity contribution in [3.8, 4) is 11.5 Å². The Kier molecular flexibility index (Phi) is 2.08. The molecule has 0 spiro atoms. The molecule has 70 valence electrons. The maximum atomic E-state index is 13.4. The van der Waals surface area contributed by atoms with Crippen LogP contribution in [0.2, 0.25) is 0 Å². The lowest BCUT2D eigenvalue weighted by molar-refractivity contribution is 0.199. The summed E-state index contributed by atoms with van der Waals surface area (Å²) in [6.07, 6.45) is -0.487. The lowest BCUT2D eigenvalue weighted by Crippen LogP contribution is -2.11. The molecule has 0 aliphatic carbocycles. The first-order valence-corrected chi connectivity index (χ1v) is 4.26. The minimum Gasteiger partial charge on any atom is -0.497 e. The predicted molar refractivity (Wildman–Crippen MR) is 47.0 cm³/mol. The summed E-state index contributed by atoms with van der Waals surface area (Å²) in [5, 5.41) is 0. The van der Waals surface area contributed by atoms with Gasteiger partial charge in [-0.1, -0.05) is 0 Å². The summed E-state index contributed by atoms with van der Waals surface area (Å²) in [6.45, 7) is 0.459. The molecule has 0 N–H and O–H groups in total. The number of methoxy groups -OCH3 is 1. The third-order valence-corrected chi connectivity index (χ3v) is 2.18. The van der Waals surface area contributed by atoms with E-state index >= 15 is 0 Å². The van der Waals surface area contributed by atoms with Gasteiger partial charge < -0.3 is 9.47 Å². The van der Waals surface area contributed by atoms with Gasteiger partial charge in [-0.05, 0) is 18.2 Å². The summed E-state index contributed by atoms with van der Waals surface area (Å²) in [7, 11) is 1.57. The van der Waals surface area contributed by atoms with E-state index < -0.39 is 6.17 Å². The highest BCUT2D eigenvalue weighted by molar-refractivity contribution is 5.42. The average molecular weight is 182 g/mol. The molecule has 2 nitrogen and oxygen atoms in total. The second-order valence-electron chi connectivity index (χ2n) is 3.01. The third-order valence-electron chi connectivity index (χ3n) is 2.18. The summed E-state index contributed by atoms with van der Waals surface area (Å²) in [4.78, 5) is 0. The van der Waals surface area contributed by atoms with Crippen LogP contribution in [-0.2, 0) is 0 Å². The molecular formula is C10H11FO2. The average Bonchev–Trinajstić information content (AvgIpc) is 2.18. The van der Waals surface area contributed by atoms with Crippen molar-refractivity contribution in [3.05, 3.63) is 23.8 Å². The second kappa shape index (κ2) is 3.24. The molecule has 1 aromatic carbocycles. The van der Waals surface area contributed by atoms with Crippen molar-refractivity contribution in [2.24, 2.45) is 0 Å². The molecule has 0 saturated carbocycles. The largest absolute Gasteiger partial charge is 0.497 e. The molecule has 0 saturated heterocycles. The number of alkyl halides is 1. The number of rotatable bonds is 1. The number of ether oxygens (including phenoxy) is 2. The van der Waals surface area contributed by atoms with Crippen LogP contribution in [0.25, 0.3) is 0 Å². The maximum absolute atomic E-state index is 13.4. The van der Waals surface area contributed by atoms with Gasteiger partial charge in [-0.25, -0.2) is 4.39 Å². The van der Waals surface area contributed by atoms with E-state index in [2.05, 4.69) is 0 Å². The van der Waals surface area contributed by atoms with Gasteiger partial charge in [-0.2, -0.15) is 0 Å². The van der Waals surface area contributed by atoms with Crippen molar-refractivity contribution in [1.82, 2.24) is 0 Å². The normalized spacial score (nSPS) is 20.3. The van der Waals surface area contributed by atoms with E-state index in [1.165, 1.54) is 0 Å². The summed E-state index contributed by atoms with van der Waals surface area (Å²) in [5.41, 5.74) is 0.602. The van der Waals surface area contributed by atoms with Crippen LogP contribution in [0.1, 0.15) is 18.2 Å². The van der Waals surface area contributed by atoms with Gasteiger partial charge in [0.25, 0.3) is 0 Å². The first kappa shape index (κ1) is 8.35. The van der Waals surface area contributed by atoms with Crippen molar-refractivity contribution in [3.63, 3.8) is 0 Å². The van der Waals surface area contributed by atoms with Crippen molar-refractivity contribution in [2.45, 2.75) is 12.6 Å². The predicted octanol–water partition coefficient (Wildman–Crippen LogP) is 2.49. The van der Waals surface area contributed by atoms with Gasteiger partial charge >= 0.3 is 0 Å². The molecule has 0 aromatic heterocycles. The molecule has 1 aliphatic heterocycles. The van der Waals surface area contributed by atoms with Crippen LogP contribution in [-0.4, -0.2) is 13.7 Å². The number of hydrogen-bond donors (Lipinski definition) is 0.